The fourth-order valence-corrected chi connectivity index (χ4v) is 3.75. The molecule has 2 N–H and O–H groups in total. The molecule has 3 atom stereocenters. The molecular weight excluding hydrogens is 366 g/mol. The summed E-state index contributed by atoms with van der Waals surface area (Å²) >= 11 is 0. The van der Waals surface area contributed by atoms with Crippen LogP contribution in [-0.2, 0) is 24.3 Å². The van der Waals surface area contributed by atoms with Crippen LogP contribution in [-0.4, -0.2) is 47.0 Å². The molecule has 1 aliphatic carbocycles. The van der Waals surface area contributed by atoms with Crippen molar-refractivity contribution in [1.82, 2.24) is 25.4 Å². The number of aliphatic imine (C=N–C) groups is 1. The third-order valence-electron chi connectivity index (χ3n) is 5.22. The normalized spacial score (nSPS) is 24.0. The molecule has 3 unspecified atom stereocenters. The van der Waals surface area contributed by atoms with Gasteiger partial charge in [0, 0.05) is 44.1 Å². The molecule has 0 spiro atoms. The zero-order valence-corrected chi connectivity index (χ0v) is 16.0. The van der Waals surface area contributed by atoms with Crippen LogP contribution in [0.4, 0.5) is 8.78 Å². The number of ether oxygens (including phenoxy) is 1. The van der Waals surface area contributed by atoms with Crippen LogP contribution in [0.3, 0.4) is 0 Å². The Morgan fingerprint density at radius 3 is 2.82 bits per heavy atom. The Bertz CT molecular complexity index is 863. The number of guanidine groups is 1. The zero-order valence-electron chi connectivity index (χ0n) is 16.0. The van der Waals surface area contributed by atoms with E-state index in [1.54, 1.807) is 14.2 Å². The topological polar surface area (TPSA) is 76.4 Å². The molecular formula is C19H24F2N6O. The summed E-state index contributed by atoms with van der Waals surface area (Å²) in [5, 5.41) is 11.1. The molecule has 7 nitrogen and oxygen atoms in total. The second-order valence-corrected chi connectivity index (χ2v) is 7.24. The van der Waals surface area contributed by atoms with Crippen LogP contribution in [0, 0.1) is 11.6 Å². The first-order valence-electron chi connectivity index (χ1n) is 9.44. The van der Waals surface area contributed by atoms with E-state index < -0.39 is 11.6 Å². The second kappa shape index (κ2) is 7.83. The number of hydrogen-bond acceptors (Lipinski definition) is 4. The predicted molar refractivity (Wildman–Crippen MR) is 100.0 cm³/mol. The summed E-state index contributed by atoms with van der Waals surface area (Å²) in [6.07, 6.45) is 2.40. The SMILES string of the molecule is CN=C(NC1CCc2nc(COC)nn2C1)NC1CC1c1c(F)cccc1F. The van der Waals surface area contributed by atoms with E-state index in [1.165, 1.54) is 18.2 Å². The highest BCUT2D eigenvalue weighted by Gasteiger charge is 2.42. The summed E-state index contributed by atoms with van der Waals surface area (Å²) in [7, 11) is 3.31. The van der Waals surface area contributed by atoms with Gasteiger partial charge >= 0.3 is 0 Å². The summed E-state index contributed by atoms with van der Waals surface area (Å²) in [5.74, 6) is 1.13. The molecule has 1 fully saturated rings. The van der Waals surface area contributed by atoms with Gasteiger partial charge in [0.15, 0.2) is 11.8 Å². The van der Waals surface area contributed by atoms with Crippen LogP contribution in [0.15, 0.2) is 23.2 Å². The molecule has 0 bridgehead atoms. The highest BCUT2D eigenvalue weighted by atomic mass is 19.1. The van der Waals surface area contributed by atoms with Gasteiger partial charge in [0.2, 0.25) is 0 Å². The average Bonchev–Trinajstić information content (AvgIpc) is 3.29. The summed E-state index contributed by atoms with van der Waals surface area (Å²) in [4.78, 5) is 8.74. The monoisotopic (exact) mass is 390 g/mol. The maximum absolute atomic E-state index is 14.0. The predicted octanol–water partition coefficient (Wildman–Crippen LogP) is 1.74. The van der Waals surface area contributed by atoms with E-state index in [9.17, 15) is 8.78 Å². The largest absolute Gasteiger partial charge is 0.377 e. The molecule has 1 saturated carbocycles. The van der Waals surface area contributed by atoms with E-state index in [0.717, 1.165) is 18.7 Å². The highest BCUT2D eigenvalue weighted by molar-refractivity contribution is 5.80. The molecule has 2 heterocycles. The quantitative estimate of drug-likeness (QED) is 0.601. The molecule has 1 aromatic carbocycles. The van der Waals surface area contributed by atoms with E-state index in [1.807, 2.05) is 4.68 Å². The van der Waals surface area contributed by atoms with Crippen LogP contribution in [0.25, 0.3) is 0 Å². The number of methoxy groups -OCH3 is 1. The zero-order chi connectivity index (χ0) is 19.7. The number of aryl methyl sites for hydroxylation is 1. The molecule has 1 aromatic heterocycles. The maximum atomic E-state index is 14.0. The Morgan fingerprint density at radius 2 is 2.11 bits per heavy atom. The molecule has 0 radical (unpaired) electrons. The third-order valence-corrected chi connectivity index (χ3v) is 5.22. The Kier molecular flexibility index (Phi) is 5.25. The van der Waals surface area contributed by atoms with Gasteiger partial charge in [-0.15, -0.1) is 0 Å². The number of fused-ring (bicyclic) bond motifs is 1. The number of hydrogen-bond donors (Lipinski definition) is 2. The fraction of sp³-hybridized carbons (Fsp3) is 0.526. The Labute approximate surface area is 162 Å². The van der Waals surface area contributed by atoms with Crippen LogP contribution in [0.1, 0.15) is 36.0 Å². The van der Waals surface area contributed by atoms with E-state index in [0.29, 0.717) is 31.4 Å². The number of benzene rings is 1. The first kappa shape index (κ1) is 18.8. The van der Waals surface area contributed by atoms with Crippen molar-refractivity contribution in [3.8, 4) is 0 Å². The van der Waals surface area contributed by atoms with Crippen LogP contribution in [0.5, 0.6) is 0 Å². The number of halogens is 2. The Morgan fingerprint density at radius 1 is 1.32 bits per heavy atom. The van der Waals surface area contributed by atoms with E-state index in [-0.39, 0.29) is 23.6 Å². The maximum Gasteiger partial charge on any atom is 0.191 e. The molecule has 28 heavy (non-hydrogen) atoms. The average molecular weight is 390 g/mol. The summed E-state index contributed by atoms with van der Waals surface area (Å²) in [5.41, 5.74) is 0.158. The lowest BCUT2D eigenvalue weighted by atomic mass is 10.1. The third kappa shape index (κ3) is 3.84. The van der Waals surface area contributed by atoms with E-state index in [2.05, 4.69) is 25.7 Å². The first-order valence-corrected chi connectivity index (χ1v) is 9.44. The van der Waals surface area contributed by atoms with E-state index >= 15 is 0 Å². The van der Waals surface area contributed by atoms with Crippen molar-refractivity contribution in [2.24, 2.45) is 4.99 Å². The van der Waals surface area contributed by atoms with Gasteiger partial charge in [-0.25, -0.2) is 18.4 Å². The van der Waals surface area contributed by atoms with Crippen molar-refractivity contribution >= 4 is 5.96 Å². The standard InChI is InChI=1S/C19H24F2N6O/c1-22-19(24-15-8-12(15)18-13(20)4-3-5-14(18)21)23-11-6-7-17-25-16(10-28-2)26-27(17)9-11/h3-5,11-12,15H,6-10H2,1-2H3,(H2,22,23,24). The van der Waals surface area contributed by atoms with Gasteiger partial charge in [-0.05, 0) is 25.0 Å². The molecule has 9 heteroatoms. The van der Waals surface area contributed by atoms with Gasteiger partial charge < -0.3 is 15.4 Å². The summed E-state index contributed by atoms with van der Waals surface area (Å²) < 4.78 is 34.9. The minimum absolute atomic E-state index is 0.0311. The minimum Gasteiger partial charge on any atom is -0.377 e. The number of nitrogens with one attached hydrogen (secondary N) is 2. The molecule has 1 aliphatic heterocycles. The van der Waals surface area contributed by atoms with Crippen LogP contribution >= 0.6 is 0 Å². The van der Waals surface area contributed by atoms with Gasteiger partial charge in [-0.3, -0.25) is 4.99 Å². The number of aromatic nitrogens is 3. The lowest BCUT2D eigenvalue weighted by Crippen LogP contribution is -2.47. The molecule has 2 aromatic rings. The lowest BCUT2D eigenvalue weighted by Gasteiger charge is -2.25. The molecule has 0 saturated heterocycles. The summed E-state index contributed by atoms with van der Waals surface area (Å²) in [6.45, 7) is 1.08. The van der Waals surface area contributed by atoms with Crippen molar-refractivity contribution in [2.75, 3.05) is 14.2 Å². The van der Waals surface area contributed by atoms with Gasteiger partial charge in [0.25, 0.3) is 0 Å². The molecule has 0 amide bonds. The van der Waals surface area contributed by atoms with Gasteiger partial charge in [0.1, 0.15) is 24.1 Å². The number of rotatable bonds is 5. The van der Waals surface area contributed by atoms with Gasteiger partial charge in [0.05, 0.1) is 6.54 Å². The van der Waals surface area contributed by atoms with Crippen molar-refractivity contribution in [3.63, 3.8) is 0 Å². The van der Waals surface area contributed by atoms with Gasteiger partial charge in [-0.1, -0.05) is 6.07 Å². The van der Waals surface area contributed by atoms with Crippen molar-refractivity contribution in [3.05, 3.63) is 47.0 Å². The molecule has 2 aliphatic rings. The molecule has 150 valence electrons. The van der Waals surface area contributed by atoms with Crippen molar-refractivity contribution in [1.29, 1.82) is 0 Å². The Balaban J connectivity index is 1.35. The van der Waals surface area contributed by atoms with E-state index in [4.69, 9.17) is 4.74 Å². The smallest absolute Gasteiger partial charge is 0.191 e. The summed E-state index contributed by atoms with van der Waals surface area (Å²) in [6, 6.07) is 4.11. The van der Waals surface area contributed by atoms with Crippen LogP contribution in [0.2, 0.25) is 0 Å². The fourth-order valence-electron chi connectivity index (χ4n) is 3.75. The molecule has 4 rings (SSSR count). The highest BCUT2D eigenvalue weighted by Crippen LogP contribution is 2.43. The van der Waals surface area contributed by atoms with Crippen molar-refractivity contribution < 1.29 is 13.5 Å². The van der Waals surface area contributed by atoms with Crippen LogP contribution < -0.4 is 10.6 Å². The number of nitrogens with zero attached hydrogens (tertiary/aromatic N) is 4. The first-order chi connectivity index (χ1) is 13.6. The van der Waals surface area contributed by atoms with Gasteiger partial charge in [-0.2, -0.15) is 5.10 Å². The second-order valence-electron chi connectivity index (χ2n) is 7.24. The minimum atomic E-state index is -0.491. The Hall–Kier alpha value is -2.55. The lowest BCUT2D eigenvalue weighted by molar-refractivity contribution is 0.177. The van der Waals surface area contributed by atoms with Crippen molar-refractivity contribution in [2.45, 2.75) is 50.4 Å².